The molecule has 272 valence electrons. The van der Waals surface area contributed by atoms with E-state index in [0.717, 1.165) is 44.9 Å². The molecule has 0 aliphatic heterocycles. The third kappa shape index (κ3) is 6.16. The zero-order valence-corrected chi connectivity index (χ0v) is 30.6. The van der Waals surface area contributed by atoms with E-state index in [1.165, 1.54) is 6.92 Å². The van der Waals surface area contributed by atoms with Crippen LogP contribution in [0, 0.1) is 51.8 Å². The lowest BCUT2D eigenvalue weighted by Crippen LogP contribution is -2.72. The maximum atomic E-state index is 13.9. The minimum absolute atomic E-state index is 0.0276. The monoisotopic (exact) mass is 674 g/mol. The molecule has 3 N–H and O–H groups in total. The van der Waals surface area contributed by atoms with E-state index in [2.05, 4.69) is 34.6 Å². The second-order valence-electron chi connectivity index (χ2n) is 17.3. The van der Waals surface area contributed by atoms with Crippen molar-refractivity contribution in [1.82, 2.24) is 0 Å². The first-order valence-corrected chi connectivity index (χ1v) is 18.7. The fourth-order valence-corrected chi connectivity index (χ4v) is 11.9. The van der Waals surface area contributed by atoms with Gasteiger partial charge in [-0.2, -0.15) is 0 Å². The number of methoxy groups -OCH3 is 1. The Morgan fingerprint density at radius 3 is 2.21 bits per heavy atom. The van der Waals surface area contributed by atoms with Crippen molar-refractivity contribution in [1.29, 1.82) is 0 Å². The maximum Gasteiger partial charge on any atom is 0.331 e. The first-order chi connectivity index (χ1) is 22.5. The molecule has 0 aromatic rings. The first-order valence-electron chi connectivity index (χ1n) is 18.7. The molecule has 0 amide bonds. The molecule has 5 fully saturated rings. The molecular formula is C39H62O9. The SMILES string of the molecule is COC1CCC(C(=O)OC2C3C(C)C(O)CCC3(C)C3CCC4/C(=C(\CCCC(C)C)C(=O)O)C(OC(C)=O)CC4(C)C3(C)C2O)CC1. The molecule has 11 atom stereocenters. The average Bonchev–Trinajstić information content (AvgIpc) is 3.31. The Balaban J connectivity index is 1.58. The lowest BCUT2D eigenvalue weighted by molar-refractivity contribution is -0.289. The molecule has 0 heterocycles. The molecule has 0 bridgehead atoms. The highest BCUT2D eigenvalue weighted by atomic mass is 16.6. The third-order valence-electron chi connectivity index (χ3n) is 14.5. The van der Waals surface area contributed by atoms with Gasteiger partial charge in [0.1, 0.15) is 12.2 Å². The number of hydrogen-bond donors (Lipinski definition) is 3. The van der Waals surface area contributed by atoms with Gasteiger partial charge in [-0.1, -0.05) is 48.0 Å². The Labute approximate surface area is 287 Å². The fourth-order valence-electron chi connectivity index (χ4n) is 11.9. The summed E-state index contributed by atoms with van der Waals surface area (Å²) in [5.41, 5.74) is -0.716. The van der Waals surface area contributed by atoms with E-state index >= 15 is 0 Å². The lowest BCUT2D eigenvalue weighted by atomic mass is 9.35. The molecule has 0 saturated heterocycles. The normalized spacial score (nSPS) is 45.1. The molecule has 5 aliphatic carbocycles. The fraction of sp³-hybridized carbons (Fsp3) is 0.872. The van der Waals surface area contributed by atoms with E-state index in [0.29, 0.717) is 49.2 Å². The summed E-state index contributed by atoms with van der Waals surface area (Å²) in [4.78, 5) is 39.4. The predicted molar refractivity (Wildman–Crippen MR) is 181 cm³/mol. The van der Waals surface area contributed by atoms with Gasteiger partial charge in [0.25, 0.3) is 0 Å². The molecule has 11 unspecified atom stereocenters. The van der Waals surface area contributed by atoms with Crippen LogP contribution in [0.1, 0.15) is 126 Å². The number of ether oxygens (including phenoxy) is 3. The van der Waals surface area contributed by atoms with Crippen molar-refractivity contribution in [3.63, 3.8) is 0 Å². The second-order valence-corrected chi connectivity index (χ2v) is 17.3. The standard InChI is InChI=1S/C39H62O9/c1-21(2)10-9-11-26(35(43)44)31-27-16-17-30-37(5)19-18-28(41)22(3)32(37)33(48-36(45)24-12-14-25(46-8)15-13-24)34(42)39(30,7)38(27,6)20-29(31)47-23(4)40/h21-22,24-25,27-30,32-34,41-42H,9-20H2,1-8H3,(H,43,44)/b31-26-. The summed E-state index contributed by atoms with van der Waals surface area (Å²) in [6.07, 6.45) is 5.24. The second kappa shape index (κ2) is 14.0. The van der Waals surface area contributed by atoms with Crippen LogP contribution in [0.5, 0.6) is 0 Å². The molecule has 9 nitrogen and oxygen atoms in total. The zero-order chi connectivity index (χ0) is 35.3. The Morgan fingerprint density at radius 1 is 0.958 bits per heavy atom. The Hall–Kier alpha value is -1.97. The van der Waals surface area contributed by atoms with Crippen LogP contribution in [0.25, 0.3) is 0 Å². The topological polar surface area (TPSA) is 140 Å². The molecule has 5 rings (SSSR count). The van der Waals surface area contributed by atoms with E-state index < -0.39 is 47.2 Å². The smallest absolute Gasteiger partial charge is 0.331 e. The molecule has 48 heavy (non-hydrogen) atoms. The average molecular weight is 675 g/mol. The Morgan fingerprint density at radius 2 is 1.62 bits per heavy atom. The molecule has 0 aromatic carbocycles. The van der Waals surface area contributed by atoms with Crippen molar-refractivity contribution in [2.45, 2.75) is 156 Å². The summed E-state index contributed by atoms with van der Waals surface area (Å²) in [6, 6.07) is 0. The molecule has 0 aromatic heterocycles. The van der Waals surface area contributed by atoms with Crippen LogP contribution in [0.2, 0.25) is 0 Å². The summed E-state index contributed by atoms with van der Waals surface area (Å²) in [5.74, 6) is -2.13. The van der Waals surface area contributed by atoms with Gasteiger partial charge in [-0.15, -0.1) is 0 Å². The Kier molecular flexibility index (Phi) is 10.9. The number of esters is 2. The minimum atomic E-state index is -1.05. The number of carboxylic acids is 1. The van der Waals surface area contributed by atoms with Gasteiger partial charge in [-0.05, 0) is 111 Å². The highest BCUT2D eigenvalue weighted by Gasteiger charge is 2.74. The summed E-state index contributed by atoms with van der Waals surface area (Å²) in [5, 5.41) is 34.6. The van der Waals surface area contributed by atoms with Crippen LogP contribution in [0.4, 0.5) is 0 Å². The van der Waals surface area contributed by atoms with Gasteiger partial charge >= 0.3 is 17.9 Å². The number of rotatable bonds is 9. The minimum Gasteiger partial charge on any atom is -0.478 e. The van der Waals surface area contributed by atoms with Crippen LogP contribution in [-0.4, -0.2) is 70.9 Å². The molecule has 0 radical (unpaired) electrons. The summed E-state index contributed by atoms with van der Waals surface area (Å²) >= 11 is 0. The van der Waals surface area contributed by atoms with Crippen molar-refractivity contribution in [2.75, 3.05) is 7.11 Å². The predicted octanol–water partition coefficient (Wildman–Crippen LogP) is 6.47. The summed E-state index contributed by atoms with van der Waals surface area (Å²) < 4.78 is 18.0. The van der Waals surface area contributed by atoms with Gasteiger partial charge in [0.15, 0.2) is 0 Å². The van der Waals surface area contributed by atoms with E-state index in [1.54, 1.807) is 7.11 Å². The van der Waals surface area contributed by atoms with E-state index in [-0.39, 0.29) is 47.1 Å². The van der Waals surface area contributed by atoms with Crippen molar-refractivity contribution in [3.05, 3.63) is 11.1 Å². The van der Waals surface area contributed by atoms with E-state index in [1.807, 2.05) is 6.92 Å². The van der Waals surface area contributed by atoms with Crippen molar-refractivity contribution in [2.24, 2.45) is 51.8 Å². The van der Waals surface area contributed by atoms with E-state index in [9.17, 15) is 29.7 Å². The number of aliphatic carboxylic acids is 1. The van der Waals surface area contributed by atoms with Crippen LogP contribution in [-0.2, 0) is 28.6 Å². The number of carbonyl (C=O) groups excluding carboxylic acids is 2. The van der Waals surface area contributed by atoms with Crippen molar-refractivity contribution < 1.29 is 43.9 Å². The number of fused-ring (bicyclic) bond motifs is 5. The van der Waals surface area contributed by atoms with Gasteiger partial charge in [-0.3, -0.25) is 9.59 Å². The van der Waals surface area contributed by atoms with Gasteiger partial charge in [-0.25, -0.2) is 4.79 Å². The van der Waals surface area contributed by atoms with Crippen molar-refractivity contribution in [3.8, 4) is 0 Å². The quantitative estimate of drug-likeness (QED) is 0.185. The number of carboxylic acid groups (broad SMARTS) is 1. The van der Waals surface area contributed by atoms with Crippen LogP contribution >= 0.6 is 0 Å². The maximum absolute atomic E-state index is 13.9. The van der Waals surface area contributed by atoms with Gasteiger partial charge in [0, 0.05) is 30.9 Å². The summed E-state index contributed by atoms with van der Waals surface area (Å²) in [7, 11) is 1.70. The van der Waals surface area contributed by atoms with E-state index in [4.69, 9.17) is 14.2 Å². The number of carbonyl (C=O) groups is 3. The van der Waals surface area contributed by atoms with Gasteiger partial charge in [0.2, 0.25) is 0 Å². The molecule has 0 spiro atoms. The summed E-state index contributed by atoms with van der Waals surface area (Å²) in [6.45, 7) is 14.2. The molecule has 5 aliphatic rings. The molecule has 9 heteroatoms. The number of aliphatic hydroxyl groups is 2. The largest absolute Gasteiger partial charge is 0.478 e. The first kappa shape index (κ1) is 37.3. The van der Waals surface area contributed by atoms with Gasteiger partial charge in [0.05, 0.1) is 24.2 Å². The zero-order valence-electron chi connectivity index (χ0n) is 30.6. The molecule has 5 saturated carbocycles. The number of hydrogen-bond acceptors (Lipinski definition) is 8. The number of aliphatic hydroxyl groups excluding tert-OH is 2. The highest BCUT2D eigenvalue weighted by molar-refractivity contribution is 5.88. The van der Waals surface area contributed by atoms with Crippen LogP contribution < -0.4 is 0 Å². The van der Waals surface area contributed by atoms with Gasteiger partial charge < -0.3 is 29.5 Å². The van der Waals surface area contributed by atoms with Crippen LogP contribution in [0.3, 0.4) is 0 Å². The lowest BCUT2D eigenvalue weighted by Gasteiger charge is -2.70. The van der Waals surface area contributed by atoms with Crippen LogP contribution in [0.15, 0.2) is 11.1 Å². The highest BCUT2D eigenvalue weighted by Crippen LogP contribution is 2.74. The molecular weight excluding hydrogens is 612 g/mol. The van der Waals surface area contributed by atoms with Crippen molar-refractivity contribution >= 4 is 17.9 Å². The Bertz CT molecular complexity index is 1250. The third-order valence-corrected chi connectivity index (χ3v) is 14.5.